The first-order chi connectivity index (χ1) is 62.5. The van der Waals surface area contributed by atoms with Gasteiger partial charge in [0.2, 0.25) is 23.9 Å². The van der Waals surface area contributed by atoms with Gasteiger partial charge in [-0.25, -0.2) is 52.7 Å². The average Bonchev–Trinajstić information content (AvgIpc) is 0.762. The summed E-state index contributed by atoms with van der Waals surface area (Å²) < 4.78 is 68.0. The van der Waals surface area contributed by atoms with Crippen molar-refractivity contribution in [1.29, 1.82) is 0 Å². The summed E-state index contributed by atoms with van der Waals surface area (Å²) in [6.07, 6.45) is -15.5. The van der Waals surface area contributed by atoms with E-state index in [1.54, 1.807) is 0 Å². The number of hydrogen-bond donors (Lipinski definition) is 27. The van der Waals surface area contributed by atoms with Crippen LogP contribution in [0.5, 0.6) is 190 Å². The van der Waals surface area contributed by atoms with E-state index in [2.05, 4.69) is 0 Å². The van der Waals surface area contributed by atoms with Gasteiger partial charge in [0.1, 0.15) is 12.7 Å². The number of esters is 11. The van der Waals surface area contributed by atoms with Crippen LogP contribution in [-0.4, -0.2) is 241 Å². The number of phenols is 27. The SMILES string of the molecule is O=C(OC[C@H]1O[C@@H](OC(=O)c2cc(OC(=O)c3cc(O)c(O)c(O)c3)c(OC(=O)c3cc(O)c(O)c(O)c3)c(OC(=O)c3cc(O)c(O)c(O)c3)c2)[C@H](OC(=O)c2cc(OC(=O)c3cc(O)c(O)c(O)c3)c(OC(=O)c3cc(O)c(O)c(O)c3)c(OC(=O)c3cc(O)c(O)c(O)c3)c2)[C@@H](OC(=O)c2cc(O)c(O)c(O)c2)[C@@H]1OC(=O)c1cc(O)c(O)c(O)c1)c1cc(O)c(O)c(O)c1. The first-order valence-electron chi connectivity index (χ1n) is 36.1. The smallest absolute Gasteiger partial charge is 0.344 e. The molecule has 11 aromatic carbocycles. The van der Waals surface area contributed by atoms with Gasteiger partial charge in [0.25, 0.3) is 0 Å². The molecule has 50 nitrogen and oxygen atoms in total. The van der Waals surface area contributed by atoms with Gasteiger partial charge in [-0.3, -0.25) is 0 Å². The molecule has 0 bridgehead atoms. The van der Waals surface area contributed by atoms with Crippen LogP contribution in [0.3, 0.4) is 0 Å². The van der Waals surface area contributed by atoms with Crippen LogP contribution in [-0.2, 0) is 28.4 Å². The molecule has 1 aliphatic rings. The molecule has 0 saturated carbocycles. The van der Waals surface area contributed by atoms with Crippen LogP contribution in [0.15, 0.2) is 133 Å². The predicted molar refractivity (Wildman–Crippen MR) is 418 cm³/mol. The minimum absolute atomic E-state index is 0.204. The molecule has 0 radical (unpaired) electrons. The van der Waals surface area contributed by atoms with E-state index in [-0.39, 0.29) is 24.3 Å². The zero-order valence-electron chi connectivity index (χ0n) is 65.3. The van der Waals surface area contributed by atoms with E-state index in [1.165, 1.54) is 0 Å². The van der Waals surface area contributed by atoms with Gasteiger partial charge in [-0.05, 0) is 133 Å². The topological polar surface area (TPSA) is 845 Å². The van der Waals surface area contributed by atoms with E-state index < -0.39 is 354 Å². The fraction of sp³-hybridized carbons (Fsp3) is 0.0723. The number of carbonyl (C=O) groups is 11. The largest absolute Gasteiger partial charge is 0.504 e. The maximum atomic E-state index is 16.0. The van der Waals surface area contributed by atoms with Crippen LogP contribution in [0, 0.1) is 0 Å². The van der Waals surface area contributed by atoms with E-state index >= 15 is 14.4 Å². The number of hydrogen-bond acceptors (Lipinski definition) is 50. The zero-order chi connectivity index (χ0) is 97.4. The molecule has 50 heteroatoms. The van der Waals surface area contributed by atoms with E-state index in [4.69, 9.17) is 56.8 Å². The highest BCUT2D eigenvalue weighted by atomic mass is 16.8. The molecular formula is C83H56O50. The summed E-state index contributed by atoms with van der Waals surface area (Å²) in [5, 5.41) is 282. The molecule has 27 N–H and O–H groups in total. The average molecular weight is 1850 g/mol. The molecule has 12 rings (SSSR count). The first kappa shape index (κ1) is 92.3. The molecular weight excluding hydrogens is 1800 g/mol. The van der Waals surface area contributed by atoms with Gasteiger partial charge in [0.05, 0.1) is 61.2 Å². The molecule has 1 fully saturated rings. The lowest BCUT2D eigenvalue weighted by Crippen LogP contribution is -2.63. The summed E-state index contributed by atoms with van der Waals surface area (Å²) in [6.45, 7) is -1.70. The molecule has 688 valence electrons. The zero-order valence-corrected chi connectivity index (χ0v) is 65.3. The lowest BCUT2D eigenvalue weighted by Gasteiger charge is -2.43. The number of phenolic OH excluding ortho intramolecular Hbond substituents is 27. The first-order valence-corrected chi connectivity index (χ1v) is 36.1. The molecule has 1 heterocycles. The Bertz CT molecular complexity index is 6370. The van der Waals surface area contributed by atoms with Crippen LogP contribution in [0.25, 0.3) is 0 Å². The number of benzene rings is 11. The molecule has 5 atom stereocenters. The van der Waals surface area contributed by atoms with Crippen LogP contribution < -0.4 is 28.4 Å². The van der Waals surface area contributed by atoms with Crippen molar-refractivity contribution in [2.24, 2.45) is 0 Å². The minimum Gasteiger partial charge on any atom is -0.504 e. The number of rotatable bonds is 23. The molecule has 0 spiro atoms. The maximum absolute atomic E-state index is 16.0. The van der Waals surface area contributed by atoms with Crippen molar-refractivity contribution in [3.63, 3.8) is 0 Å². The summed E-state index contributed by atoms with van der Waals surface area (Å²) in [7, 11) is 0. The second kappa shape index (κ2) is 36.4. The van der Waals surface area contributed by atoms with Gasteiger partial charge in [0.15, 0.2) is 190 Å². The summed E-state index contributed by atoms with van der Waals surface area (Å²) in [4.78, 5) is 162. The van der Waals surface area contributed by atoms with Crippen molar-refractivity contribution < 1.29 is 247 Å². The molecule has 0 aliphatic carbocycles. The standard InChI is InChI=1S/C83H56O50/c84-35-1-24(2-36(85)58(35)102)72(111)122-23-57-69(130-79(118)31-15-49(98)65(109)50(99)16-31)70(131-80(119)32-17-51(100)66(110)52(101)18-32)71(132-81(120)33-19-53(123-73(112)25-3-37(86)59(103)38(87)4-25)67(128-77(116)29-11-45(94)63(107)46(95)12-29)54(20-33)124-74(113)26-5-39(88)60(104)40(89)6-26)83(127-57)133-82(121)34-21-55(125-75(114)27-7-41(90)61(105)42(91)8-27)68(129-78(117)30-13-47(96)64(108)48(97)14-30)56(22-34)126-76(115)28-9-43(92)62(106)44(93)10-28/h1-22,57,69-71,83-110H,23H2/t57-,69-,70+,71-,83+/m1/s1. The number of ether oxygens (including phenoxy) is 12. The highest BCUT2D eigenvalue weighted by Gasteiger charge is 2.55. The van der Waals surface area contributed by atoms with Crippen molar-refractivity contribution in [3.05, 3.63) is 195 Å². The number of aromatic hydroxyl groups is 27. The summed E-state index contributed by atoms with van der Waals surface area (Å²) in [5.41, 5.74) is -12.2. The summed E-state index contributed by atoms with van der Waals surface area (Å²) in [6, 6.07) is 7.71. The normalized spacial score (nSPS) is 14.3. The highest BCUT2D eigenvalue weighted by Crippen LogP contribution is 2.50. The second-order valence-corrected chi connectivity index (χ2v) is 27.4. The third-order valence-corrected chi connectivity index (χ3v) is 18.4. The van der Waals surface area contributed by atoms with Crippen LogP contribution in [0.1, 0.15) is 114 Å². The third kappa shape index (κ3) is 19.4. The Kier molecular flexibility index (Phi) is 25.3. The molecule has 133 heavy (non-hydrogen) atoms. The summed E-state index contributed by atoms with van der Waals surface area (Å²) in [5.74, 6) is -66.1. The fourth-order valence-electron chi connectivity index (χ4n) is 11.8. The Hall–Kier alpha value is -19.8. The van der Waals surface area contributed by atoms with E-state index in [9.17, 15) is 176 Å². The maximum Gasteiger partial charge on any atom is 0.344 e. The molecule has 1 aliphatic heterocycles. The predicted octanol–water partition coefficient (Wildman–Crippen LogP) is 5.47. The van der Waals surface area contributed by atoms with Crippen molar-refractivity contribution in [2.45, 2.75) is 30.7 Å². The van der Waals surface area contributed by atoms with Crippen LogP contribution in [0.4, 0.5) is 0 Å². The monoisotopic (exact) mass is 1850 g/mol. The Balaban J connectivity index is 1.12. The van der Waals surface area contributed by atoms with Crippen molar-refractivity contribution in [2.75, 3.05) is 6.61 Å². The molecule has 11 aromatic rings. The lowest BCUT2D eigenvalue weighted by molar-refractivity contribution is -0.282. The quantitative estimate of drug-likeness (QED) is 0.0163. The van der Waals surface area contributed by atoms with Gasteiger partial charge in [-0.2, -0.15) is 0 Å². The van der Waals surface area contributed by atoms with E-state index in [0.29, 0.717) is 109 Å². The lowest BCUT2D eigenvalue weighted by atomic mass is 9.97. The van der Waals surface area contributed by atoms with Crippen LogP contribution >= 0.6 is 0 Å². The van der Waals surface area contributed by atoms with Crippen molar-refractivity contribution >= 4 is 65.7 Å². The highest BCUT2D eigenvalue weighted by molar-refractivity contribution is 6.02. The second-order valence-electron chi connectivity index (χ2n) is 27.4. The Morgan fingerprint density at radius 1 is 0.195 bits per heavy atom. The molecule has 0 unspecified atom stereocenters. The number of carbonyl (C=O) groups excluding carboxylic acids is 11. The summed E-state index contributed by atoms with van der Waals surface area (Å²) >= 11 is 0. The fourth-order valence-corrected chi connectivity index (χ4v) is 11.8. The minimum atomic E-state index is -3.31. The van der Waals surface area contributed by atoms with E-state index in [1.807, 2.05) is 0 Å². The molecule has 1 saturated heterocycles. The third-order valence-electron chi connectivity index (χ3n) is 18.4. The van der Waals surface area contributed by atoms with Gasteiger partial charge in [-0.15, -0.1) is 0 Å². The van der Waals surface area contributed by atoms with Gasteiger partial charge >= 0.3 is 65.7 Å². The van der Waals surface area contributed by atoms with E-state index in [0.717, 1.165) is 0 Å². The Morgan fingerprint density at radius 3 is 0.579 bits per heavy atom. The Labute approximate surface area is 732 Å². The van der Waals surface area contributed by atoms with Crippen molar-refractivity contribution in [3.8, 4) is 190 Å². The van der Waals surface area contributed by atoms with Crippen LogP contribution in [0.2, 0.25) is 0 Å². The van der Waals surface area contributed by atoms with Gasteiger partial charge < -0.3 is 195 Å². The van der Waals surface area contributed by atoms with Gasteiger partial charge in [-0.1, -0.05) is 0 Å². The Morgan fingerprint density at radius 2 is 0.361 bits per heavy atom. The molecule has 0 amide bonds. The van der Waals surface area contributed by atoms with Crippen molar-refractivity contribution in [1.82, 2.24) is 0 Å². The molecule has 0 aromatic heterocycles. The van der Waals surface area contributed by atoms with Gasteiger partial charge in [0, 0.05) is 0 Å².